The van der Waals surface area contributed by atoms with Crippen LogP contribution >= 0.6 is 11.8 Å². The molecule has 2 heterocycles. The third-order valence-corrected chi connectivity index (χ3v) is 3.04. The minimum absolute atomic E-state index is 0.118. The zero-order valence-electron chi connectivity index (χ0n) is 9.85. The van der Waals surface area contributed by atoms with Crippen molar-refractivity contribution >= 4 is 23.5 Å². The number of nitrogens with zero attached hydrogens (tertiary/aromatic N) is 5. The first-order valence-corrected chi connectivity index (χ1v) is 6.00. The number of hydrogen-bond acceptors (Lipinski definition) is 7. The fourth-order valence-electron chi connectivity index (χ4n) is 1.25. The molecule has 0 aromatic carbocycles. The van der Waals surface area contributed by atoms with Crippen molar-refractivity contribution < 1.29 is 14.7 Å². The standard InChI is InChI=1S/C10H9N5O3S/c1-6(16)8-3-2-7(4-11-8)19-10-12-13-14-15(10)5-9(17)18/h2-4H,5H2,1H3,(H,17,18). The Morgan fingerprint density at radius 3 is 2.79 bits per heavy atom. The molecule has 0 saturated heterocycles. The van der Waals surface area contributed by atoms with Crippen LogP contribution in [0.3, 0.4) is 0 Å². The summed E-state index contributed by atoms with van der Waals surface area (Å²) in [6.07, 6.45) is 1.52. The average Bonchev–Trinajstić information content (AvgIpc) is 2.76. The second-order valence-corrected chi connectivity index (χ2v) is 4.59. The van der Waals surface area contributed by atoms with Crippen LogP contribution in [0, 0.1) is 0 Å². The summed E-state index contributed by atoms with van der Waals surface area (Å²) in [5.41, 5.74) is 0.370. The Kier molecular flexibility index (Phi) is 3.85. The van der Waals surface area contributed by atoms with Crippen LogP contribution < -0.4 is 0 Å². The predicted octanol–water partition coefficient (Wildman–Crippen LogP) is 0.506. The molecule has 2 rings (SSSR count). The molecule has 0 fully saturated rings. The second-order valence-electron chi connectivity index (χ2n) is 3.55. The normalized spacial score (nSPS) is 10.4. The number of carbonyl (C=O) groups is 2. The van der Waals surface area contributed by atoms with Gasteiger partial charge >= 0.3 is 5.97 Å². The highest BCUT2D eigenvalue weighted by molar-refractivity contribution is 7.99. The molecule has 1 N–H and O–H groups in total. The molecule has 0 spiro atoms. The minimum atomic E-state index is -1.03. The minimum Gasteiger partial charge on any atom is -0.480 e. The number of Topliss-reactive ketones (excluding diaryl/α,β-unsaturated/α-hetero) is 1. The second kappa shape index (κ2) is 5.57. The third kappa shape index (κ3) is 3.35. The zero-order chi connectivity index (χ0) is 13.8. The fraction of sp³-hybridized carbons (Fsp3) is 0.200. The van der Waals surface area contributed by atoms with Gasteiger partial charge in [0.2, 0.25) is 5.16 Å². The topological polar surface area (TPSA) is 111 Å². The van der Waals surface area contributed by atoms with Gasteiger partial charge in [-0.25, -0.2) is 4.68 Å². The average molecular weight is 279 g/mol. The van der Waals surface area contributed by atoms with Crippen LogP contribution in [-0.4, -0.2) is 42.1 Å². The number of aromatic nitrogens is 5. The van der Waals surface area contributed by atoms with Gasteiger partial charge in [-0.1, -0.05) is 0 Å². The maximum Gasteiger partial charge on any atom is 0.325 e. The Morgan fingerprint density at radius 1 is 1.42 bits per heavy atom. The van der Waals surface area contributed by atoms with Crippen molar-refractivity contribution in [1.29, 1.82) is 0 Å². The quantitative estimate of drug-likeness (QED) is 0.788. The van der Waals surface area contributed by atoms with Gasteiger partial charge in [0.05, 0.1) is 0 Å². The van der Waals surface area contributed by atoms with Crippen molar-refractivity contribution in [2.75, 3.05) is 0 Å². The molecule has 0 aliphatic rings. The number of ketones is 1. The van der Waals surface area contributed by atoms with E-state index in [0.717, 1.165) is 0 Å². The van der Waals surface area contributed by atoms with E-state index >= 15 is 0 Å². The van der Waals surface area contributed by atoms with Crippen molar-refractivity contribution in [2.24, 2.45) is 0 Å². The van der Waals surface area contributed by atoms with Crippen LogP contribution in [0.1, 0.15) is 17.4 Å². The maximum atomic E-state index is 11.1. The van der Waals surface area contributed by atoms with E-state index in [-0.39, 0.29) is 12.3 Å². The van der Waals surface area contributed by atoms with E-state index in [0.29, 0.717) is 15.7 Å². The molecule has 0 aliphatic heterocycles. The summed E-state index contributed by atoms with van der Waals surface area (Å²) in [6, 6.07) is 3.30. The fourth-order valence-corrected chi connectivity index (χ4v) is 1.99. The lowest BCUT2D eigenvalue weighted by atomic mass is 10.3. The number of aliphatic carboxylic acids is 1. The number of carbonyl (C=O) groups excluding carboxylic acids is 1. The monoisotopic (exact) mass is 279 g/mol. The van der Waals surface area contributed by atoms with Crippen LogP contribution in [0.25, 0.3) is 0 Å². The Bertz CT molecular complexity index is 610. The molecule has 2 aromatic rings. The number of tetrazole rings is 1. The van der Waals surface area contributed by atoms with Gasteiger partial charge in [0, 0.05) is 18.0 Å². The Labute approximate surface area is 111 Å². The van der Waals surface area contributed by atoms with Crippen LogP contribution in [-0.2, 0) is 11.3 Å². The van der Waals surface area contributed by atoms with Crippen LogP contribution in [0.5, 0.6) is 0 Å². The first kappa shape index (κ1) is 13.1. The lowest BCUT2D eigenvalue weighted by Gasteiger charge is -2.01. The van der Waals surface area contributed by atoms with Gasteiger partial charge < -0.3 is 5.11 Å². The molecular weight excluding hydrogens is 270 g/mol. The molecule has 19 heavy (non-hydrogen) atoms. The number of pyridine rings is 1. The predicted molar refractivity (Wildman–Crippen MR) is 63.8 cm³/mol. The molecule has 0 radical (unpaired) electrons. The Morgan fingerprint density at radius 2 is 2.21 bits per heavy atom. The van der Waals surface area contributed by atoms with E-state index in [9.17, 15) is 9.59 Å². The van der Waals surface area contributed by atoms with Crippen LogP contribution in [0.15, 0.2) is 28.4 Å². The van der Waals surface area contributed by atoms with Gasteiger partial charge in [0.1, 0.15) is 12.2 Å². The summed E-state index contributed by atoms with van der Waals surface area (Å²) in [7, 11) is 0. The summed E-state index contributed by atoms with van der Waals surface area (Å²) in [4.78, 5) is 26.4. The highest BCUT2D eigenvalue weighted by atomic mass is 32.2. The smallest absolute Gasteiger partial charge is 0.325 e. The van der Waals surface area contributed by atoms with Gasteiger partial charge in [0.15, 0.2) is 5.78 Å². The van der Waals surface area contributed by atoms with Crippen LogP contribution in [0.2, 0.25) is 0 Å². The summed E-state index contributed by atoms with van der Waals surface area (Å²) in [5, 5.41) is 19.8. The molecule has 0 atom stereocenters. The molecule has 0 aliphatic carbocycles. The van der Waals surface area contributed by atoms with Gasteiger partial charge in [-0.3, -0.25) is 14.6 Å². The van der Waals surface area contributed by atoms with Crippen molar-refractivity contribution in [1.82, 2.24) is 25.2 Å². The lowest BCUT2D eigenvalue weighted by molar-refractivity contribution is -0.138. The Hall–Kier alpha value is -2.29. The molecule has 2 aromatic heterocycles. The third-order valence-electron chi connectivity index (χ3n) is 2.09. The lowest BCUT2D eigenvalue weighted by Crippen LogP contribution is -2.11. The summed E-state index contributed by atoms with van der Waals surface area (Å²) < 4.78 is 1.17. The molecule has 0 amide bonds. The van der Waals surface area contributed by atoms with Gasteiger partial charge in [-0.2, -0.15) is 0 Å². The molecule has 0 unspecified atom stereocenters. The van der Waals surface area contributed by atoms with E-state index < -0.39 is 5.97 Å². The van der Waals surface area contributed by atoms with Crippen LogP contribution in [0.4, 0.5) is 0 Å². The van der Waals surface area contributed by atoms with Crippen molar-refractivity contribution in [2.45, 2.75) is 23.5 Å². The highest BCUT2D eigenvalue weighted by Gasteiger charge is 2.11. The SMILES string of the molecule is CC(=O)c1ccc(Sc2nnnn2CC(=O)O)cn1. The first-order valence-electron chi connectivity index (χ1n) is 5.19. The van der Waals surface area contributed by atoms with Crippen molar-refractivity contribution in [3.8, 4) is 0 Å². The Balaban J connectivity index is 2.15. The maximum absolute atomic E-state index is 11.1. The van der Waals surface area contributed by atoms with E-state index in [4.69, 9.17) is 5.11 Å². The van der Waals surface area contributed by atoms with E-state index in [2.05, 4.69) is 20.5 Å². The zero-order valence-corrected chi connectivity index (χ0v) is 10.7. The summed E-state index contributed by atoms with van der Waals surface area (Å²) in [5.74, 6) is -1.15. The number of carboxylic acid groups (broad SMARTS) is 1. The molecular formula is C10H9N5O3S. The molecule has 9 heteroatoms. The van der Waals surface area contributed by atoms with Gasteiger partial charge in [-0.15, -0.1) is 5.10 Å². The largest absolute Gasteiger partial charge is 0.480 e. The first-order chi connectivity index (χ1) is 9.06. The van der Waals surface area contributed by atoms with E-state index in [1.807, 2.05) is 0 Å². The van der Waals surface area contributed by atoms with Gasteiger partial charge in [0.25, 0.3) is 0 Å². The molecule has 98 valence electrons. The van der Waals surface area contributed by atoms with Crippen molar-refractivity contribution in [3.05, 3.63) is 24.0 Å². The van der Waals surface area contributed by atoms with E-state index in [1.54, 1.807) is 12.1 Å². The summed E-state index contributed by atoms with van der Waals surface area (Å²) >= 11 is 1.17. The molecule has 0 saturated carbocycles. The highest BCUT2D eigenvalue weighted by Crippen LogP contribution is 2.24. The number of carboxylic acids is 1. The number of hydrogen-bond donors (Lipinski definition) is 1. The van der Waals surface area contributed by atoms with Gasteiger partial charge in [-0.05, 0) is 34.3 Å². The van der Waals surface area contributed by atoms with E-state index in [1.165, 1.54) is 29.6 Å². The molecule has 8 nitrogen and oxygen atoms in total. The molecule has 0 bridgehead atoms. The van der Waals surface area contributed by atoms with Crippen molar-refractivity contribution in [3.63, 3.8) is 0 Å². The number of rotatable bonds is 5. The summed E-state index contributed by atoms with van der Waals surface area (Å²) in [6.45, 7) is 1.12.